The number of piperidine rings is 1. The first-order chi connectivity index (χ1) is 7.63. The van der Waals surface area contributed by atoms with E-state index < -0.39 is 0 Å². The van der Waals surface area contributed by atoms with Crippen LogP contribution in [0.2, 0.25) is 0 Å². The van der Waals surface area contributed by atoms with Crippen LogP contribution in [0.1, 0.15) is 25.7 Å². The zero-order chi connectivity index (χ0) is 12.0. The van der Waals surface area contributed by atoms with Gasteiger partial charge in [-0.3, -0.25) is 4.79 Å². The summed E-state index contributed by atoms with van der Waals surface area (Å²) in [6.07, 6.45) is 4.29. The van der Waals surface area contributed by atoms with Crippen molar-refractivity contribution in [1.29, 1.82) is 0 Å². The van der Waals surface area contributed by atoms with Crippen LogP contribution in [0.5, 0.6) is 0 Å². The van der Waals surface area contributed by atoms with E-state index in [2.05, 4.69) is 4.90 Å². The van der Waals surface area contributed by atoms with E-state index in [-0.39, 0.29) is 5.91 Å². The van der Waals surface area contributed by atoms with Gasteiger partial charge in [-0.25, -0.2) is 0 Å². The van der Waals surface area contributed by atoms with Crippen LogP contribution in [-0.2, 0) is 4.79 Å². The smallest absolute Gasteiger partial charge is 0.223 e. The Balaban J connectivity index is 2.15. The van der Waals surface area contributed by atoms with Crippen molar-refractivity contribution in [2.75, 3.05) is 40.3 Å². The average Bonchev–Trinajstić information content (AvgIpc) is 2.28. The van der Waals surface area contributed by atoms with Crippen LogP contribution >= 0.6 is 0 Å². The molecule has 0 unspecified atom stereocenters. The Morgan fingerprint density at radius 2 is 2.00 bits per heavy atom. The van der Waals surface area contributed by atoms with Crippen molar-refractivity contribution in [2.24, 2.45) is 11.7 Å². The Morgan fingerprint density at radius 3 is 2.50 bits per heavy atom. The van der Waals surface area contributed by atoms with Crippen molar-refractivity contribution in [3.8, 4) is 0 Å². The Morgan fingerprint density at radius 1 is 1.38 bits per heavy atom. The summed E-state index contributed by atoms with van der Waals surface area (Å²) in [4.78, 5) is 15.5. The highest BCUT2D eigenvalue weighted by Gasteiger charge is 2.18. The molecule has 1 aliphatic heterocycles. The van der Waals surface area contributed by atoms with Gasteiger partial charge in [0.25, 0.3) is 0 Å². The number of hydrogen-bond donors (Lipinski definition) is 1. The molecule has 1 heterocycles. The summed E-state index contributed by atoms with van der Waals surface area (Å²) in [6, 6.07) is 0. The minimum Gasteiger partial charge on any atom is -0.349 e. The number of nitrogens with two attached hydrogens (primary N) is 1. The third kappa shape index (κ3) is 4.49. The monoisotopic (exact) mass is 227 g/mol. The van der Waals surface area contributed by atoms with Crippen molar-refractivity contribution in [3.63, 3.8) is 0 Å². The lowest BCUT2D eigenvalue weighted by atomic mass is 9.93. The van der Waals surface area contributed by atoms with E-state index >= 15 is 0 Å². The third-order valence-corrected chi connectivity index (χ3v) is 3.42. The SMILES string of the molecule is CN(C)C(=O)CCN1CCC(CCN)CC1. The molecule has 1 rings (SSSR count). The number of likely N-dealkylation sites (tertiary alicyclic amines) is 1. The normalized spacial score (nSPS) is 18.7. The molecule has 0 radical (unpaired) electrons. The molecule has 0 spiro atoms. The van der Waals surface area contributed by atoms with Gasteiger partial charge in [-0.15, -0.1) is 0 Å². The fourth-order valence-electron chi connectivity index (χ4n) is 2.21. The fourth-order valence-corrected chi connectivity index (χ4v) is 2.21. The standard InChI is InChI=1S/C12H25N3O/c1-14(2)12(16)6-10-15-8-4-11(3-7-13)5-9-15/h11H,3-10,13H2,1-2H3. The maximum atomic E-state index is 11.4. The first kappa shape index (κ1) is 13.5. The molecular weight excluding hydrogens is 202 g/mol. The maximum absolute atomic E-state index is 11.4. The lowest BCUT2D eigenvalue weighted by Gasteiger charge is -2.31. The molecule has 1 amide bonds. The molecule has 0 bridgehead atoms. The predicted molar refractivity (Wildman–Crippen MR) is 66.1 cm³/mol. The van der Waals surface area contributed by atoms with Crippen molar-refractivity contribution in [2.45, 2.75) is 25.7 Å². The van der Waals surface area contributed by atoms with Crippen molar-refractivity contribution >= 4 is 5.91 Å². The topological polar surface area (TPSA) is 49.6 Å². The van der Waals surface area contributed by atoms with E-state index in [9.17, 15) is 4.79 Å². The fraction of sp³-hybridized carbons (Fsp3) is 0.917. The molecule has 1 aliphatic rings. The van der Waals surface area contributed by atoms with Gasteiger partial charge in [-0.1, -0.05) is 0 Å². The minimum absolute atomic E-state index is 0.226. The van der Waals surface area contributed by atoms with Crippen LogP contribution in [0, 0.1) is 5.92 Å². The van der Waals surface area contributed by atoms with Gasteiger partial charge in [0.1, 0.15) is 0 Å². The van der Waals surface area contributed by atoms with Crippen molar-refractivity contribution < 1.29 is 4.79 Å². The predicted octanol–water partition coefficient (Wildman–Crippen LogP) is 0.526. The van der Waals surface area contributed by atoms with E-state index in [4.69, 9.17) is 5.73 Å². The van der Waals surface area contributed by atoms with Gasteiger partial charge in [-0.05, 0) is 44.8 Å². The zero-order valence-electron chi connectivity index (χ0n) is 10.6. The van der Waals surface area contributed by atoms with Crippen LogP contribution in [-0.4, -0.2) is 56.0 Å². The van der Waals surface area contributed by atoms with Crippen LogP contribution in [0.15, 0.2) is 0 Å². The van der Waals surface area contributed by atoms with Crippen LogP contribution in [0.3, 0.4) is 0 Å². The van der Waals surface area contributed by atoms with Crippen LogP contribution in [0.4, 0.5) is 0 Å². The number of carbonyl (C=O) groups is 1. The van der Waals surface area contributed by atoms with E-state index in [1.54, 1.807) is 4.90 Å². The Hall–Kier alpha value is -0.610. The first-order valence-electron chi connectivity index (χ1n) is 6.26. The number of amides is 1. The van der Waals surface area contributed by atoms with E-state index in [0.29, 0.717) is 6.42 Å². The van der Waals surface area contributed by atoms with Crippen molar-refractivity contribution in [1.82, 2.24) is 9.80 Å². The summed E-state index contributed by atoms with van der Waals surface area (Å²) in [5.41, 5.74) is 5.56. The Bertz CT molecular complexity index is 210. The highest BCUT2D eigenvalue weighted by Crippen LogP contribution is 2.19. The van der Waals surface area contributed by atoms with Gasteiger partial charge in [0.05, 0.1) is 0 Å². The molecule has 1 fully saturated rings. The molecule has 0 aromatic rings. The maximum Gasteiger partial charge on any atom is 0.223 e. The lowest BCUT2D eigenvalue weighted by molar-refractivity contribution is -0.129. The molecule has 16 heavy (non-hydrogen) atoms. The molecule has 0 saturated carbocycles. The first-order valence-corrected chi connectivity index (χ1v) is 6.26. The van der Waals surface area contributed by atoms with Gasteiger partial charge in [0.2, 0.25) is 5.91 Å². The molecule has 0 atom stereocenters. The molecular formula is C12H25N3O. The van der Waals surface area contributed by atoms with Gasteiger partial charge in [0.15, 0.2) is 0 Å². The minimum atomic E-state index is 0.226. The van der Waals surface area contributed by atoms with Gasteiger partial charge < -0.3 is 15.5 Å². The highest BCUT2D eigenvalue weighted by atomic mass is 16.2. The number of rotatable bonds is 5. The van der Waals surface area contributed by atoms with E-state index in [0.717, 1.165) is 38.5 Å². The highest BCUT2D eigenvalue weighted by molar-refractivity contribution is 5.75. The zero-order valence-corrected chi connectivity index (χ0v) is 10.6. The van der Waals surface area contributed by atoms with Gasteiger partial charge in [-0.2, -0.15) is 0 Å². The van der Waals surface area contributed by atoms with E-state index in [1.165, 1.54) is 12.8 Å². The second-order valence-electron chi connectivity index (χ2n) is 4.90. The molecule has 0 aliphatic carbocycles. The van der Waals surface area contributed by atoms with Crippen molar-refractivity contribution in [3.05, 3.63) is 0 Å². The average molecular weight is 227 g/mol. The quantitative estimate of drug-likeness (QED) is 0.745. The Labute approximate surface area is 98.8 Å². The summed E-state index contributed by atoms with van der Waals surface area (Å²) in [6.45, 7) is 3.98. The lowest BCUT2D eigenvalue weighted by Crippen LogP contribution is -2.37. The molecule has 1 saturated heterocycles. The molecule has 2 N–H and O–H groups in total. The van der Waals surface area contributed by atoms with Crippen LogP contribution in [0.25, 0.3) is 0 Å². The molecule has 4 nitrogen and oxygen atoms in total. The molecule has 0 aromatic carbocycles. The second kappa shape index (κ2) is 6.86. The number of hydrogen-bond acceptors (Lipinski definition) is 3. The number of nitrogens with zero attached hydrogens (tertiary/aromatic N) is 2. The van der Waals surface area contributed by atoms with Crippen LogP contribution < -0.4 is 5.73 Å². The summed E-state index contributed by atoms with van der Waals surface area (Å²) in [5.74, 6) is 1.04. The van der Waals surface area contributed by atoms with E-state index in [1.807, 2.05) is 14.1 Å². The molecule has 94 valence electrons. The molecule has 0 aromatic heterocycles. The second-order valence-corrected chi connectivity index (χ2v) is 4.90. The number of carbonyl (C=O) groups excluding carboxylic acids is 1. The summed E-state index contributed by atoms with van der Waals surface area (Å²) >= 11 is 0. The summed E-state index contributed by atoms with van der Waals surface area (Å²) < 4.78 is 0. The summed E-state index contributed by atoms with van der Waals surface area (Å²) in [5, 5.41) is 0. The third-order valence-electron chi connectivity index (χ3n) is 3.42. The Kier molecular flexibility index (Phi) is 5.77. The van der Waals surface area contributed by atoms with Gasteiger partial charge in [0, 0.05) is 27.1 Å². The largest absolute Gasteiger partial charge is 0.349 e. The van der Waals surface area contributed by atoms with Gasteiger partial charge >= 0.3 is 0 Å². The molecule has 4 heteroatoms. The summed E-state index contributed by atoms with van der Waals surface area (Å²) in [7, 11) is 3.63.